The molecule has 1 aromatic carbocycles. The van der Waals surface area contributed by atoms with Crippen molar-refractivity contribution in [2.24, 2.45) is 0 Å². The van der Waals surface area contributed by atoms with Crippen molar-refractivity contribution in [1.82, 2.24) is 19.5 Å². The van der Waals surface area contributed by atoms with E-state index in [4.69, 9.17) is 14.7 Å². The molecule has 4 atom stereocenters. The summed E-state index contributed by atoms with van der Waals surface area (Å²) >= 11 is 0. The molecule has 4 rings (SSSR count). The highest BCUT2D eigenvalue weighted by atomic mass is 32.2. The molecule has 3 heterocycles. The number of aromatic nitrogens is 4. The van der Waals surface area contributed by atoms with E-state index < -0.39 is 41.3 Å². The van der Waals surface area contributed by atoms with Gasteiger partial charge in [0, 0.05) is 0 Å². The second kappa shape index (κ2) is 7.65. The molecule has 1 saturated heterocycles. The van der Waals surface area contributed by atoms with Gasteiger partial charge in [0.25, 0.3) is 10.1 Å². The van der Waals surface area contributed by atoms with Gasteiger partial charge >= 0.3 is 0 Å². The van der Waals surface area contributed by atoms with Crippen LogP contribution in [0.2, 0.25) is 0 Å². The minimum Gasteiger partial charge on any atom is -0.387 e. The Morgan fingerprint density at radius 1 is 1.14 bits per heavy atom. The lowest BCUT2D eigenvalue weighted by Crippen LogP contribution is -2.34. The Kier molecular flexibility index (Phi) is 5.19. The first-order valence-corrected chi connectivity index (χ1v) is 10.3. The molecule has 0 radical (unpaired) electrons. The van der Waals surface area contributed by atoms with Crippen LogP contribution in [0.4, 0.5) is 5.82 Å². The smallest absolute Gasteiger partial charge is 0.271 e. The van der Waals surface area contributed by atoms with Gasteiger partial charge in [-0.2, -0.15) is 8.42 Å². The molecule has 0 saturated carbocycles. The summed E-state index contributed by atoms with van der Waals surface area (Å²) in [6, 6.07) is 8.56. The quantitative estimate of drug-likeness (QED) is 0.445. The predicted molar refractivity (Wildman–Crippen MR) is 101 cm³/mol. The van der Waals surface area contributed by atoms with Crippen molar-refractivity contribution in [3.8, 4) is 0 Å². The van der Waals surface area contributed by atoms with E-state index in [1.165, 1.54) is 17.2 Å². The van der Waals surface area contributed by atoms with Gasteiger partial charge in [0.05, 0.1) is 12.9 Å². The second-order valence-electron chi connectivity index (χ2n) is 6.60. The van der Waals surface area contributed by atoms with Crippen molar-refractivity contribution in [3.05, 3.63) is 48.5 Å². The van der Waals surface area contributed by atoms with Gasteiger partial charge in [0.15, 0.2) is 17.7 Å². The maximum absolute atomic E-state index is 12.2. The van der Waals surface area contributed by atoms with E-state index in [2.05, 4.69) is 15.0 Å². The zero-order valence-corrected chi connectivity index (χ0v) is 15.9. The van der Waals surface area contributed by atoms with Crippen molar-refractivity contribution >= 4 is 27.1 Å². The lowest BCUT2D eigenvalue weighted by molar-refractivity contribution is -0.0467. The summed E-state index contributed by atoms with van der Waals surface area (Å²) in [6.07, 6.45) is -2.25. The number of aliphatic hydroxyl groups excluding tert-OH is 2. The third-order valence-electron chi connectivity index (χ3n) is 4.60. The number of hydrogen-bond acceptors (Lipinski definition) is 10. The maximum Gasteiger partial charge on any atom is 0.271 e. The van der Waals surface area contributed by atoms with Crippen molar-refractivity contribution < 1.29 is 27.6 Å². The monoisotopic (exact) mass is 421 g/mol. The highest BCUT2D eigenvalue weighted by molar-refractivity contribution is 7.85. The Morgan fingerprint density at radius 3 is 2.66 bits per heavy atom. The molecule has 154 valence electrons. The van der Waals surface area contributed by atoms with Gasteiger partial charge in [-0.25, -0.2) is 15.0 Å². The lowest BCUT2D eigenvalue weighted by atomic mass is 10.1. The van der Waals surface area contributed by atoms with Gasteiger partial charge < -0.3 is 20.7 Å². The highest BCUT2D eigenvalue weighted by Crippen LogP contribution is 2.32. The van der Waals surface area contributed by atoms with Crippen molar-refractivity contribution in [3.63, 3.8) is 0 Å². The number of nitrogen functional groups attached to an aromatic ring is 1. The van der Waals surface area contributed by atoms with Gasteiger partial charge in [-0.15, -0.1) is 0 Å². The number of fused-ring (bicyclic) bond motifs is 1. The molecule has 1 aliphatic rings. The number of anilines is 1. The SMILES string of the molecule is Nc1ncnc2c1ncn2[C@@H]1O[C@H](COS(=O)(=O)Cc2ccccc2)[C@@H](O)[C@H]1O. The fraction of sp³-hybridized carbons (Fsp3) is 0.353. The molecule has 4 N–H and O–H groups in total. The summed E-state index contributed by atoms with van der Waals surface area (Å²) in [5, 5.41) is 20.7. The van der Waals surface area contributed by atoms with E-state index in [1.54, 1.807) is 30.3 Å². The largest absolute Gasteiger partial charge is 0.387 e. The number of hydrogen-bond donors (Lipinski definition) is 3. The fourth-order valence-corrected chi connectivity index (χ4v) is 4.17. The van der Waals surface area contributed by atoms with E-state index in [0.717, 1.165) is 0 Å². The van der Waals surface area contributed by atoms with Crippen LogP contribution in [0.25, 0.3) is 11.2 Å². The van der Waals surface area contributed by atoms with Crippen LogP contribution in [0.5, 0.6) is 0 Å². The third-order valence-corrected chi connectivity index (χ3v) is 5.78. The zero-order chi connectivity index (χ0) is 20.6. The number of imidazole rings is 1. The molecule has 11 nitrogen and oxygen atoms in total. The van der Waals surface area contributed by atoms with Gasteiger partial charge in [-0.05, 0) is 5.56 Å². The maximum atomic E-state index is 12.2. The van der Waals surface area contributed by atoms with Crippen LogP contribution in [-0.2, 0) is 24.8 Å². The Balaban J connectivity index is 1.47. The average Bonchev–Trinajstić information content (AvgIpc) is 3.24. The van der Waals surface area contributed by atoms with Crippen molar-refractivity contribution in [2.75, 3.05) is 12.3 Å². The number of benzene rings is 1. The number of nitrogens with zero attached hydrogens (tertiary/aromatic N) is 4. The predicted octanol–water partition coefficient (Wildman–Crippen LogP) is -0.426. The molecule has 2 aromatic heterocycles. The van der Waals surface area contributed by atoms with Crippen LogP contribution in [0.15, 0.2) is 43.0 Å². The lowest BCUT2D eigenvalue weighted by Gasteiger charge is -2.16. The molecular weight excluding hydrogens is 402 g/mol. The van der Waals surface area contributed by atoms with Crippen LogP contribution in [-0.4, -0.2) is 63.1 Å². The first-order chi connectivity index (χ1) is 13.9. The van der Waals surface area contributed by atoms with Crippen molar-refractivity contribution in [2.45, 2.75) is 30.3 Å². The molecule has 1 fully saturated rings. The summed E-state index contributed by atoms with van der Waals surface area (Å²) in [5.74, 6) is -0.154. The summed E-state index contributed by atoms with van der Waals surface area (Å²) in [7, 11) is -3.90. The number of ether oxygens (including phenoxy) is 1. The van der Waals surface area contributed by atoms with Crippen LogP contribution in [0, 0.1) is 0 Å². The summed E-state index contributed by atoms with van der Waals surface area (Å²) < 4.78 is 36.5. The Morgan fingerprint density at radius 2 is 1.90 bits per heavy atom. The van der Waals surface area contributed by atoms with Crippen LogP contribution >= 0.6 is 0 Å². The van der Waals surface area contributed by atoms with E-state index in [9.17, 15) is 18.6 Å². The molecule has 0 spiro atoms. The average molecular weight is 421 g/mol. The normalized spacial score (nSPS) is 24.9. The van der Waals surface area contributed by atoms with E-state index >= 15 is 0 Å². The number of rotatable bonds is 6. The molecule has 0 unspecified atom stereocenters. The van der Waals surface area contributed by atoms with Crippen LogP contribution in [0.3, 0.4) is 0 Å². The first-order valence-electron chi connectivity index (χ1n) is 8.71. The van der Waals surface area contributed by atoms with E-state index in [0.29, 0.717) is 16.7 Å². The molecule has 0 bridgehead atoms. The summed E-state index contributed by atoms with van der Waals surface area (Å²) in [4.78, 5) is 12.0. The zero-order valence-electron chi connectivity index (χ0n) is 15.1. The minimum atomic E-state index is -3.90. The Hall–Kier alpha value is -2.64. The molecule has 3 aromatic rings. The van der Waals surface area contributed by atoms with Gasteiger partial charge in [-0.1, -0.05) is 30.3 Å². The highest BCUT2D eigenvalue weighted by Gasteiger charge is 2.45. The number of aliphatic hydroxyl groups is 2. The van der Waals surface area contributed by atoms with E-state index in [1.807, 2.05) is 0 Å². The molecule has 12 heteroatoms. The Labute approximate surface area is 165 Å². The molecular formula is C17H19N5O6S. The molecule has 1 aliphatic heterocycles. The van der Waals surface area contributed by atoms with Gasteiger partial charge in [-0.3, -0.25) is 8.75 Å². The standard InChI is InChI=1S/C17H19N5O6S/c18-15-12-16(20-8-19-15)22(9-21-12)17-14(24)13(23)11(28-17)6-27-29(25,26)7-10-4-2-1-3-5-10/h1-5,8-9,11,13-14,17,23-24H,6-7H2,(H2,18,19,20)/t11-,13-,14-,17-/m1/s1. The van der Waals surface area contributed by atoms with E-state index in [-0.39, 0.29) is 11.6 Å². The van der Waals surface area contributed by atoms with Crippen molar-refractivity contribution in [1.29, 1.82) is 0 Å². The fourth-order valence-electron chi connectivity index (χ4n) is 3.14. The minimum absolute atomic E-state index is 0.161. The summed E-state index contributed by atoms with van der Waals surface area (Å²) in [6.45, 7) is -0.451. The third kappa shape index (κ3) is 3.93. The second-order valence-corrected chi connectivity index (χ2v) is 8.24. The number of nitrogens with two attached hydrogens (primary N) is 1. The van der Waals surface area contributed by atoms with Crippen LogP contribution < -0.4 is 5.73 Å². The first kappa shape index (κ1) is 19.7. The summed E-state index contributed by atoms with van der Waals surface area (Å²) in [5.41, 5.74) is 6.95. The van der Waals surface area contributed by atoms with Gasteiger partial charge in [0.1, 0.15) is 35.9 Å². The van der Waals surface area contributed by atoms with Crippen LogP contribution in [0.1, 0.15) is 11.8 Å². The topological polar surface area (TPSA) is 163 Å². The van der Waals surface area contributed by atoms with Gasteiger partial charge in [0.2, 0.25) is 0 Å². The molecule has 29 heavy (non-hydrogen) atoms. The molecule has 0 amide bonds. The molecule has 0 aliphatic carbocycles. The Bertz CT molecular complexity index is 1110.